The molecule has 0 radical (unpaired) electrons. The van der Waals surface area contributed by atoms with Crippen molar-refractivity contribution in [3.05, 3.63) is 65.9 Å². The lowest BCUT2D eigenvalue weighted by Gasteiger charge is -2.08. The number of hydrogen-bond acceptors (Lipinski definition) is 4. The van der Waals surface area contributed by atoms with Gasteiger partial charge in [0.25, 0.3) is 0 Å². The highest BCUT2D eigenvalue weighted by atomic mass is 16.5. The Morgan fingerprint density at radius 2 is 1.83 bits per heavy atom. The first kappa shape index (κ1) is 15.8. The monoisotopic (exact) mass is 318 g/mol. The molecule has 5 heteroatoms. The van der Waals surface area contributed by atoms with Gasteiger partial charge in [-0.25, -0.2) is 4.68 Å². The normalized spacial score (nSPS) is 10.3. The van der Waals surface area contributed by atoms with Crippen LogP contribution in [0, 0.1) is 11.3 Å². The molecule has 0 N–H and O–H groups in total. The van der Waals surface area contributed by atoms with Crippen LogP contribution in [-0.4, -0.2) is 22.1 Å². The van der Waals surface area contributed by atoms with E-state index in [1.54, 1.807) is 7.11 Å². The molecule has 2 aromatic carbocycles. The van der Waals surface area contributed by atoms with Crippen molar-refractivity contribution in [2.75, 3.05) is 7.11 Å². The van der Waals surface area contributed by atoms with E-state index in [4.69, 9.17) is 4.74 Å². The molecule has 3 rings (SSSR count). The standard InChI is InChI=1S/C19H18N4O/c1-24-17-11-9-16(10-12-17)19-18(14-20)21-22-23(19)13-5-8-15-6-3-2-4-7-15/h2-4,6-7,9-12H,5,8,13H2,1H3. The molecular formula is C19H18N4O. The van der Waals surface area contributed by atoms with Gasteiger partial charge in [-0.15, -0.1) is 5.10 Å². The van der Waals surface area contributed by atoms with E-state index in [9.17, 15) is 5.26 Å². The summed E-state index contributed by atoms with van der Waals surface area (Å²) in [6, 6.07) is 20.1. The van der Waals surface area contributed by atoms with Crippen molar-refractivity contribution >= 4 is 0 Å². The van der Waals surface area contributed by atoms with Crippen molar-refractivity contribution in [2.24, 2.45) is 0 Å². The molecule has 0 saturated heterocycles. The van der Waals surface area contributed by atoms with Gasteiger partial charge >= 0.3 is 0 Å². The van der Waals surface area contributed by atoms with E-state index in [1.165, 1.54) is 5.56 Å². The van der Waals surface area contributed by atoms with E-state index in [0.717, 1.165) is 29.8 Å². The molecule has 1 aromatic heterocycles. The summed E-state index contributed by atoms with van der Waals surface area (Å²) in [6.07, 6.45) is 1.89. The van der Waals surface area contributed by atoms with E-state index in [1.807, 2.05) is 47.1 Å². The summed E-state index contributed by atoms with van der Waals surface area (Å²) < 4.78 is 6.99. The van der Waals surface area contributed by atoms with Crippen LogP contribution < -0.4 is 4.74 Å². The van der Waals surface area contributed by atoms with Crippen LogP contribution in [-0.2, 0) is 13.0 Å². The topological polar surface area (TPSA) is 63.7 Å². The summed E-state index contributed by atoms with van der Waals surface area (Å²) in [6.45, 7) is 0.713. The van der Waals surface area contributed by atoms with Gasteiger partial charge < -0.3 is 4.74 Å². The number of benzene rings is 2. The van der Waals surface area contributed by atoms with Gasteiger partial charge in [-0.1, -0.05) is 35.5 Å². The summed E-state index contributed by atoms with van der Waals surface area (Å²) in [4.78, 5) is 0. The third-order valence-electron chi connectivity index (χ3n) is 3.88. The minimum Gasteiger partial charge on any atom is -0.497 e. The third-order valence-corrected chi connectivity index (χ3v) is 3.88. The summed E-state index contributed by atoms with van der Waals surface area (Å²) in [5.41, 5.74) is 3.31. The van der Waals surface area contributed by atoms with Crippen LogP contribution in [0.15, 0.2) is 54.6 Å². The highest BCUT2D eigenvalue weighted by Crippen LogP contribution is 2.24. The van der Waals surface area contributed by atoms with Crippen molar-refractivity contribution < 1.29 is 4.74 Å². The minimum atomic E-state index is 0.347. The molecule has 0 unspecified atom stereocenters. The van der Waals surface area contributed by atoms with E-state index in [-0.39, 0.29) is 0 Å². The average Bonchev–Trinajstić information content (AvgIpc) is 3.05. The Morgan fingerprint density at radius 1 is 1.08 bits per heavy atom. The number of methoxy groups -OCH3 is 1. The maximum Gasteiger partial charge on any atom is 0.190 e. The summed E-state index contributed by atoms with van der Waals surface area (Å²) in [5.74, 6) is 0.778. The number of nitrogens with zero attached hydrogens (tertiary/aromatic N) is 4. The average molecular weight is 318 g/mol. The fourth-order valence-electron chi connectivity index (χ4n) is 2.66. The van der Waals surface area contributed by atoms with Crippen LogP contribution in [0.25, 0.3) is 11.3 Å². The SMILES string of the molecule is COc1ccc(-c2c(C#N)nnn2CCCc2ccccc2)cc1. The van der Waals surface area contributed by atoms with Crippen LogP contribution >= 0.6 is 0 Å². The zero-order valence-corrected chi connectivity index (χ0v) is 13.5. The molecule has 0 aliphatic carbocycles. The molecule has 0 amide bonds. The first-order chi connectivity index (χ1) is 11.8. The number of hydrogen-bond donors (Lipinski definition) is 0. The molecule has 0 aliphatic rings. The molecule has 1 heterocycles. The Labute approximate surface area is 141 Å². The fourth-order valence-corrected chi connectivity index (χ4v) is 2.66. The Balaban J connectivity index is 1.78. The minimum absolute atomic E-state index is 0.347. The predicted octanol–water partition coefficient (Wildman–Crippen LogP) is 3.46. The number of aryl methyl sites for hydroxylation is 2. The lowest BCUT2D eigenvalue weighted by Crippen LogP contribution is -2.04. The van der Waals surface area contributed by atoms with Gasteiger partial charge in [0.1, 0.15) is 17.5 Å². The molecule has 0 saturated carbocycles. The highest BCUT2D eigenvalue weighted by Gasteiger charge is 2.14. The van der Waals surface area contributed by atoms with E-state index in [0.29, 0.717) is 12.2 Å². The van der Waals surface area contributed by atoms with Gasteiger partial charge in [-0.3, -0.25) is 0 Å². The summed E-state index contributed by atoms with van der Waals surface area (Å²) in [5, 5.41) is 17.5. The largest absolute Gasteiger partial charge is 0.497 e. The molecule has 120 valence electrons. The van der Waals surface area contributed by atoms with Crippen molar-refractivity contribution in [2.45, 2.75) is 19.4 Å². The quantitative estimate of drug-likeness (QED) is 0.698. The van der Waals surface area contributed by atoms with Gasteiger partial charge in [0.05, 0.1) is 7.11 Å². The van der Waals surface area contributed by atoms with Gasteiger partial charge in [0, 0.05) is 12.1 Å². The zero-order valence-electron chi connectivity index (χ0n) is 13.5. The van der Waals surface area contributed by atoms with Crippen LogP contribution in [0.1, 0.15) is 17.7 Å². The smallest absolute Gasteiger partial charge is 0.190 e. The molecule has 0 bridgehead atoms. The Morgan fingerprint density at radius 3 is 2.50 bits per heavy atom. The predicted molar refractivity (Wildman–Crippen MR) is 91.5 cm³/mol. The second-order valence-electron chi connectivity index (χ2n) is 5.44. The van der Waals surface area contributed by atoms with Crippen LogP contribution in [0.2, 0.25) is 0 Å². The van der Waals surface area contributed by atoms with E-state index < -0.39 is 0 Å². The molecule has 24 heavy (non-hydrogen) atoms. The van der Waals surface area contributed by atoms with Crippen LogP contribution in [0.3, 0.4) is 0 Å². The fraction of sp³-hybridized carbons (Fsp3) is 0.211. The van der Waals surface area contributed by atoms with Crippen LogP contribution in [0.4, 0.5) is 0 Å². The number of rotatable bonds is 6. The van der Waals surface area contributed by atoms with Gasteiger partial charge in [0.2, 0.25) is 0 Å². The maximum atomic E-state index is 9.31. The second-order valence-corrected chi connectivity index (χ2v) is 5.44. The number of nitriles is 1. The van der Waals surface area contributed by atoms with Crippen molar-refractivity contribution in [1.29, 1.82) is 5.26 Å². The third kappa shape index (κ3) is 3.44. The molecule has 0 fully saturated rings. The number of ether oxygens (including phenoxy) is 1. The van der Waals surface area contributed by atoms with Gasteiger partial charge in [0.15, 0.2) is 5.69 Å². The summed E-state index contributed by atoms with van der Waals surface area (Å²) >= 11 is 0. The first-order valence-electron chi connectivity index (χ1n) is 7.84. The summed E-state index contributed by atoms with van der Waals surface area (Å²) in [7, 11) is 1.63. The molecule has 5 nitrogen and oxygen atoms in total. The maximum absolute atomic E-state index is 9.31. The van der Waals surface area contributed by atoms with Gasteiger partial charge in [-0.2, -0.15) is 5.26 Å². The molecule has 0 atom stereocenters. The molecule has 0 aliphatic heterocycles. The Bertz CT molecular complexity index is 832. The van der Waals surface area contributed by atoms with E-state index in [2.05, 4.69) is 28.5 Å². The molecule has 0 spiro atoms. The lowest BCUT2D eigenvalue weighted by molar-refractivity contribution is 0.415. The lowest BCUT2D eigenvalue weighted by atomic mass is 10.1. The molecule has 3 aromatic rings. The van der Waals surface area contributed by atoms with Crippen molar-refractivity contribution in [3.63, 3.8) is 0 Å². The Hall–Kier alpha value is -3.13. The second kappa shape index (κ2) is 7.42. The molecular weight excluding hydrogens is 300 g/mol. The highest BCUT2D eigenvalue weighted by molar-refractivity contribution is 5.65. The Kier molecular flexibility index (Phi) is 4.87. The number of aromatic nitrogens is 3. The zero-order chi connectivity index (χ0) is 16.8. The van der Waals surface area contributed by atoms with Crippen molar-refractivity contribution in [3.8, 4) is 23.1 Å². The van der Waals surface area contributed by atoms with Crippen LogP contribution in [0.5, 0.6) is 5.75 Å². The first-order valence-corrected chi connectivity index (χ1v) is 7.84. The van der Waals surface area contributed by atoms with Gasteiger partial charge in [-0.05, 0) is 42.7 Å². The van der Waals surface area contributed by atoms with Crippen molar-refractivity contribution in [1.82, 2.24) is 15.0 Å². The van der Waals surface area contributed by atoms with E-state index >= 15 is 0 Å².